The Balaban J connectivity index is 1.54. The van der Waals surface area contributed by atoms with E-state index in [0.29, 0.717) is 0 Å². The van der Waals surface area contributed by atoms with E-state index in [1.165, 1.54) is 16.8 Å². The number of aryl methyl sites for hydroxylation is 2. The molecule has 0 aromatic heterocycles. The predicted octanol–water partition coefficient (Wildman–Crippen LogP) is 4.02. The van der Waals surface area contributed by atoms with Crippen LogP contribution in [0.25, 0.3) is 0 Å². The first kappa shape index (κ1) is 18.2. The van der Waals surface area contributed by atoms with Crippen molar-refractivity contribution in [3.63, 3.8) is 0 Å². The lowest BCUT2D eigenvalue weighted by Gasteiger charge is -2.40. The highest BCUT2D eigenvalue weighted by Gasteiger charge is 2.34. The predicted molar refractivity (Wildman–Crippen MR) is 113 cm³/mol. The maximum Gasteiger partial charge on any atom is 0.152 e. The van der Waals surface area contributed by atoms with Crippen LogP contribution in [0.1, 0.15) is 43.7 Å². The molecule has 2 atom stereocenters. The van der Waals surface area contributed by atoms with Crippen LogP contribution in [0, 0.1) is 6.92 Å². The van der Waals surface area contributed by atoms with E-state index in [1.807, 2.05) is 0 Å². The highest BCUT2D eigenvalue weighted by molar-refractivity contribution is 6.43. The minimum absolute atomic E-state index is 0.222. The first-order valence-electron chi connectivity index (χ1n) is 10.3. The molecule has 0 saturated heterocycles. The van der Waals surface area contributed by atoms with Gasteiger partial charge in [-0.25, -0.2) is 4.99 Å². The van der Waals surface area contributed by atoms with E-state index in [4.69, 9.17) is 9.98 Å². The largest absolute Gasteiger partial charge is 0.327 e. The molecule has 0 fully saturated rings. The Bertz CT molecular complexity index is 802. The van der Waals surface area contributed by atoms with Crippen molar-refractivity contribution in [2.24, 2.45) is 9.98 Å². The average molecular weight is 363 g/mol. The second-order valence-corrected chi connectivity index (χ2v) is 7.73. The second kappa shape index (κ2) is 8.22. The van der Waals surface area contributed by atoms with E-state index in [9.17, 15) is 0 Å². The molecule has 0 saturated carbocycles. The Kier molecular flexibility index (Phi) is 5.53. The lowest BCUT2D eigenvalue weighted by molar-refractivity contribution is 0.426. The lowest BCUT2D eigenvalue weighted by Crippen LogP contribution is -2.53. The summed E-state index contributed by atoms with van der Waals surface area (Å²) < 4.78 is 0. The van der Waals surface area contributed by atoms with Crippen molar-refractivity contribution in [2.75, 3.05) is 13.1 Å². The minimum atomic E-state index is 0.222. The number of allylic oxidation sites excluding steroid dienone is 2. The van der Waals surface area contributed by atoms with Crippen LogP contribution >= 0.6 is 0 Å². The topological polar surface area (TPSA) is 40.0 Å². The van der Waals surface area contributed by atoms with E-state index in [1.54, 1.807) is 0 Å². The van der Waals surface area contributed by atoms with Gasteiger partial charge in [0, 0.05) is 18.8 Å². The Morgan fingerprint density at radius 3 is 3.04 bits per heavy atom. The van der Waals surface area contributed by atoms with Crippen LogP contribution in [0.3, 0.4) is 0 Å². The molecule has 142 valence electrons. The summed E-state index contributed by atoms with van der Waals surface area (Å²) in [5.74, 6) is 1.11. The maximum absolute atomic E-state index is 5.04. The van der Waals surface area contributed by atoms with Crippen LogP contribution in [0.5, 0.6) is 0 Å². The molecule has 1 aliphatic carbocycles. The molecule has 1 N–H and O–H groups in total. The molecule has 0 bridgehead atoms. The van der Waals surface area contributed by atoms with E-state index in [0.717, 1.165) is 56.7 Å². The number of hydrogen-bond acceptors (Lipinski definition) is 4. The quantitative estimate of drug-likeness (QED) is 0.830. The Labute approximate surface area is 162 Å². The highest BCUT2D eigenvalue weighted by Crippen LogP contribution is 2.28. The first-order chi connectivity index (χ1) is 13.2. The smallest absolute Gasteiger partial charge is 0.152 e. The zero-order chi connectivity index (χ0) is 18.6. The van der Waals surface area contributed by atoms with E-state index in [-0.39, 0.29) is 12.2 Å². The monoisotopic (exact) mass is 362 g/mol. The Hall–Kier alpha value is -2.20. The van der Waals surface area contributed by atoms with Gasteiger partial charge in [0.25, 0.3) is 0 Å². The van der Waals surface area contributed by atoms with Gasteiger partial charge in [-0.15, -0.1) is 0 Å². The Morgan fingerprint density at radius 1 is 1.26 bits per heavy atom. The highest BCUT2D eigenvalue weighted by atomic mass is 15.3. The summed E-state index contributed by atoms with van der Waals surface area (Å²) >= 11 is 0. The number of nitrogens with one attached hydrogen (secondary N) is 1. The maximum atomic E-state index is 5.04. The van der Waals surface area contributed by atoms with Gasteiger partial charge in [-0.2, -0.15) is 0 Å². The van der Waals surface area contributed by atoms with Gasteiger partial charge in [-0.3, -0.25) is 10.3 Å². The van der Waals surface area contributed by atoms with Crippen molar-refractivity contribution >= 4 is 11.5 Å². The molecule has 27 heavy (non-hydrogen) atoms. The van der Waals surface area contributed by atoms with Gasteiger partial charge >= 0.3 is 0 Å². The van der Waals surface area contributed by atoms with Gasteiger partial charge in [0.1, 0.15) is 6.17 Å². The summed E-state index contributed by atoms with van der Waals surface area (Å²) in [5.41, 5.74) is 5.22. The molecule has 4 nitrogen and oxygen atoms in total. The number of fused-ring (bicyclic) bond motifs is 2. The molecular formula is C23H30N4. The number of rotatable bonds is 6. The van der Waals surface area contributed by atoms with Crippen molar-refractivity contribution in [3.8, 4) is 0 Å². The molecule has 2 unspecified atom stereocenters. The molecule has 0 amide bonds. The normalized spacial score (nSPS) is 23.9. The summed E-state index contributed by atoms with van der Waals surface area (Å²) in [6.45, 7) is 6.22. The zero-order valence-electron chi connectivity index (χ0n) is 16.5. The van der Waals surface area contributed by atoms with E-state index >= 15 is 0 Å². The molecule has 4 rings (SSSR count). The van der Waals surface area contributed by atoms with Gasteiger partial charge in [0.05, 0.1) is 11.8 Å². The fourth-order valence-electron chi connectivity index (χ4n) is 4.18. The van der Waals surface area contributed by atoms with Crippen molar-refractivity contribution in [2.45, 2.75) is 58.2 Å². The van der Waals surface area contributed by atoms with E-state index < -0.39 is 0 Å². The Morgan fingerprint density at radius 2 is 2.19 bits per heavy atom. The fraction of sp³-hybridized carbons (Fsp3) is 0.478. The van der Waals surface area contributed by atoms with Crippen LogP contribution in [-0.4, -0.2) is 41.7 Å². The van der Waals surface area contributed by atoms with Gasteiger partial charge in [0.15, 0.2) is 5.84 Å². The molecule has 1 aromatic carbocycles. The minimum Gasteiger partial charge on any atom is -0.327 e. The van der Waals surface area contributed by atoms with Crippen LogP contribution in [0.4, 0.5) is 0 Å². The molecule has 0 spiro atoms. The number of nitrogens with zero attached hydrogens (tertiary/aromatic N) is 3. The summed E-state index contributed by atoms with van der Waals surface area (Å²) in [4.78, 5) is 12.5. The van der Waals surface area contributed by atoms with Crippen molar-refractivity contribution in [1.29, 1.82) is 0 Å². The van der Waals surface area contributed by atoms with Crippen molar-refractivity contribution in [1.82, 2.24) is 10.2 Å². The van der Waals surface area contributed by atoms with Gasteiger partial charge in [0.2, 0.25) is 0 Å². The van der Waals surface area contributed by atoms with Crippen LogP contribution < -0.4 is 5.32 Å². The molecule has 2 heterocycles. The fourth-order valence-corrected chi connectivity index (χ4v) is 4.18. The third-order valence-corrected chi connectivity index (χ3v) is 5.52. The molecular weight excluding hydrogens is 332 g/mol. The number of amidine groups is 1. The van der Waals surface area contributed by atoms with E-state index in [2.05, 4.69) is 66.6 Å². The number of aliphatic imine (C=N–C) groups is 2. The lowest BCUT2D eigenvalue weighted by atomic mass is 9.99. The molecule has 1 aromatic rings. The molecule has 2 aliphatic heterocycles. The summed E-state index contributed by atoms with van der Waals surface area (Å²) in [7, 11) is 0. The summed E-state index contributed by atoms with van der Waals surface area (Å²) in [6.07, 6.45) is 12.3. The first-order valence-corrected chi connectivity index (χ1v) is 10.3. The van der Waals surface area contributed by atoms with Crippen molar-refractivity contribution in [3.05, 3.63) is 59.3 Å². The molecule has 0 radical (unpaired) electrons. The number of benzene rings is 1. The zero-order valence-corrected chi connectivity index (χ0v) is 16.5. The SMILES string of the molecule is CCCC1N=C2C(=NC3CC=CC=C3N2CCCc2cccc(C)c2)CN1. The summed E-state index contributed by atoms with van der Waals surface area (Å²) in [6, 6.07) is 9.12. The van der Waals surface area contributed by atoms with Gasteiger partial charge in [-0.05, 0) is 44.2 Å². The number of hydrogen-bond donors (Lipinski definition) is 1. The van der Waals surface area contributed by atoms with Gasteiger partial charge < -0.3 is 4.90 Å². The van der Waals surface area contributed by atoms with Gasteiger partial charge in [-0.1, -0.05) is 55.3 Å². The van der Waals surface area contributed by atoms with Crippen LogP contribution in [0.15, 0.2) is 58.2 Å². The third kappa shape index (κ3) is 4.06. The molecule has 4 heteroatoms. The van der Waals surface area contributed by atoms with Crippen LogP contribution in [0.2, 0.25) is 0 Å². The third-order valence-electron chi connectivity index (χ3n) is 5.52. The summed E-state index contributed by atoms with van der Waals surface area (Å²) in [5, 5.41) is 3.54. The average Bonchev–Trinajstić information content (AvgIpc) is 2.68. The van der Waals surface area contributed by atoms with Crippen LogP contribution in [-0.2, 0) is 6.42 Å². The second-order valence-electron chi connectivity index (χ2n) is 7.73. The standard InChI is InChI=1S/C23H30N4/c1-3-8-22-24-16-20-23(26-22)27(21-13-5-4-12-19(21)25-20)14-7-11-18-10-6-9-17(2)15-18/h4-6,9-10,13,15,19,22,24H,3,7-8,11-12,14,16H2,1-2H3. The molecule has 3 aliphatic rings. The van der Waals surface area contributed by atoms with Crippen molar-refractivity contribution < 1.29 is 0 Å².